The Morgan fingerprint density at radius 1 is 1.29 bits per heavy atom. The van der Waals surface area contributed by atoms with Crippen molar-refractivity contribution in [3.8, 4) is 0 Å². The fourth-order valence-electron chi connectivity index (χ4n) is 4.00. The fraction of sp³-hybridized carbons (Fsp3) is 0.500. The Morgan fingerprint density at radius 3 is 2.95 bits per heavy atom. The first-order chi connectivity index (χ1) is 10.2. The highest BCUT2D eigenvalue weighted by molar-refractivity contribution is 7.12. The first-order valence-corrected chi connectivity index (χ1v) is 8.83. The lowest BCUT2D eigenvalue weighted by atomic mass is 9.72. The smallest absolute Gasteiger partial charge is 0.118 e. The second kappa shape index (κ2) is 4.92. The first-order valence-electron chi connectivity index (χ1n) is 8.02. The van der Waals surface area contributed by atoms with Gasteiger partial charge in [0.25, 0.3) is 0 Å². The summed E-state index contributed by atoms with van der Waals surface area (Å²) in [5, 5.41) is 4.93. The number of nitrogens with zero attached hydrogens (tertiary/aromatic N) is 1. The molecule has 2 aliphatic rings. The van der Waals surface area contributed by atoms with Gasteiger partial charge in [0.2, 0.25) is 0 Å². The minimum atomic E-state index is -0.0713. The van der Waals surface area contributed by atoms with Gasteiger partial charge < -0.3 is 5.32 Å². The number of hydrogen-bond donors (Lipinski definition) is 1. The maximum atomic E-state index is 5.04. The summed E-state index contributed by atoms with van der Waals surface area (Å²) >= 11 is 1.94. The third-order valence-corrected chi connectivity index (χ3v) is 6.61. The van der Waals surface area contributed by atoms with E-state index in [1.807, 2.05) is 11.3 Å². The van der Waals surface area contributed by atoms with Crippen LogP contribution in [0, 0.1) is 0 Å². The van der Waals surface area contributed by atoms with Crippen molar-refractivity contribution in [2.45, 2.75) is 50.5 Å². The number of nitrogens with one attached hydrogen (secondary N) is 1. The molecule has 3 heteroatoms. The molecule has 2 atom stereocenters. The van der Waals surface area contributed by atoms with Gasteiger partial charge in [-0.15, -0.1) is 11.3 Å². The van der Waals surface area contributed by atoms with Crippen molar-refractivity contribution in [2.75, 3.05) is 7.05 Å². The Morgan fingerprint density at radius 2 is 2.14 bits per heavy atom. The van der Waals surface area contributed by atoms with Crippen LogP contribution < -0.4 is 5.32 Å². The van der Waals surface area contributed by atoms with Gasteiger partial charge in [-0.05, 0) is 56.2 Å². The predicted octanol–water partition coefficient (Wildman–Crippen LogP) is 3.99. The first kappa shape index (κ1) is 13.5. The molecule has 21 heavy (non-hydrogen) atoms. The molecule has 1 aromatic heterocycles. The Kier molecular flexibility index (Phi) is 3.16. The summed E-state index contributed by atoms with van der Waals surface area (Å²) in [7, 11) is 2.10. The maximum Gasteiger partial charge on any atom is 0.118 e. The van der Waals surface area contributed by atoms with Crippen LogP contribution in [-0.2, 0) is 18.4 Å². The van der Waals surface area contributed by atoms with E-state index in [0.29, 0.717) is 5.92 Å². The average molecular weight is 298 g/mol. The van der Waals surface area contributed by atoms with Crippen LogP contribution in [-0.4, -0.2) is 12.0 Å². The van der Waals surface area contributed by atoms with E-state index in [-0.39, 0.29) is 5.54 Å². The van der Waals surface area contributed by atoms with Crippen molar-refractivity contribution in [1.29, 1.82) is 0 Å². The van der Waals surface area contributed by atoms with Gasteiger partial charge in [-0.2, -0.15) is 0 Å². The molecule has 0 radical (unpaired) electrons. The highest BCUT2D eigenvalue weighted by Gasteiger charge is 2.42. The number of aromatic nitrogens is 1. The molecule has 0 amide bonds. The van der Waals surface area contributed by atoms with E-state index >= 15 is 0 Å². The number of hydrogen-bond acceptors (Lipinski definition) is 3. The van der Waals surface area contributed by atoms with Crippen LogP contribution in [0.15, 0.2) is 24.3 Å². The van der Waals surface area contributed by atoms with E-state index in [1.165, 1.54) is 52.4 Å². The summed E-state index contributed by atoms with van der Waals surface area (Å²) < 4.78 is 0. The number of aryl methyl sites for hydroxylation is 2. The van der Waals surface area contributed by atoms with Crippen LogP contribution in [0.2, 0.25) is 0 Å². The van der Waals surface area contributed by atoms with Gasteiger partial charge in [0.1, 0.15) is 5.01 Å². The van der Waals surface area contributed by atoms with Gasteiger partial charge in [0.15, 0.2) is 0 Å². The molecule has 0 spiro atoms. The van der Waals surface area contributed by atoms with Crippen LogP contribution in [0.4, 0.5) is 0 Å². The molecule has 0 fully saturated rings. The number of fused-ring (bicyclic) bond motifs is 2. The van der Waals surface area contributed by atoms with Crippen molar-refractivity contribution < 1.29 is 0 Å². The van der Waals surface area contributed by atoms with Crippen molar-refractivity contribution in [1.82, 2.24) is 10.3 Å². The lowest BCUT2D eigenvalue weighted by molar-refractivity contribution is 0.348. The Balaban J connectivity index is 1.88. The third kappa shape index (κ3) is 1.91. The van der Waals surface area contributed by atoms with E-state index in [4.69, 9.17) is 4.98 Å². The molecule has 0 saturated carbocycles. The molecule has 2 unspecified atom stereocenters. The highest BCUT2D eigenvalue weighted by atomic mass is 32.1. The van der Waals surface area contributed by atoms with Crippen molar-refractivity contribution in [3.05, 3.63) is 51.0 Å². The maximum absolute atomic E-state index is 5.04. The molecule has 1 heterocycles. The molecule has 1 aromatic carbocycles. The zero-order valence-corrected chi connectivity index (χ0v) is 13.6. The number of benzene rings is 1. The van der Waals surface area contributed by atoms with Crippen molar-refractivity contribution in [2.24, 2.45) is 0 Å². The summed E-state index contributed by atoms with van der Waals surface area (Å²) in [4.78, 5) is 6.56. The van der Waals surface area contributed by atoms with Crippen molar-refractivity contribution in [3.63, 3.8) is 0 Å². The zero-order chi connectivity index (χ0) is 14.4. The molecule has 2 aliphatic carbocycles. The summed E-state index contributed by atoms with van der Waals surface area (Å²) in [5.74, 6) is 0.648. The van der Waals surface area contributed by atoms with E-state index in [9.17, 15) is 0 Å². The van der Waals surface area contributed by atoms with Gasteiger partial charge in [-0.1, -0.05) is 31.2 Å². The van der Waals surface area contributed by atoms with Crippen LogP contribution >= 0.6 is 11.3 Å². The lowest BCUT2D eigenvalue weighted by Gasteiger charge is -2.40. The highest BCUT2D eigenvalue weighted by Crippen LogP contribution is 2.47. The van der Waals surface area contributed by atoms with E-state index in [0.717, 1.165) is 6.42 Å². The zero-order valence-electron chi connectivity index (χ0n) is 12.8. The Labute approximate surface area is 130 Å². The molecule has 2 nitrogen and oxygen atoms in total. The van der Waals surface area contributed by atoms with Crippen LogP contribution in [0.5, 0.6) is 0 Å². The molecule has 110 valence electrons. The van der Waals surface area contributed by atoms with E-state index in [1.54, 1.807) is 0 Å². The molecule has 2 aromatic rings. The summed E-state index contributed by atoms with van der Waals surface area (Å²) in [6.45, 7) is 2.35. The van der Waals surface area contributed by atoms with E-state index in [2.05, 4.69) is 43.6 Å². The van der Waals surface area contributed by atoms with Gasteiger partial charge in [0.05, 0.1) is 11.2 Å². The normalized spacial score (nSPS) is 27.4. The van der Waals surface area contributed by atoms with E-state index < -0.39 is 0 Å². The summed E-state index contributed by atoms with van der Waals surface area (Å²) in [6.07, 6.45) is 6.05. The van der Waals surface area contributed by atoms with Crippen LogP contribution in [0.25, 0.3) is 0 Å². The summed E-state index contributed by atoms with van der Waals surface area (Å²) in [6, 6.07) is 8.94. The molecule has 0 aliphatic heterocycles. The minimum absolute atomic E-state index is 0.0713. The standard InChI is InChI=1S/C18H22N2S/c1-12-10-11-18(19-2,14-7-4-3-6-13(12)14)17-20-15-8-5-9-16(15)21-17/h3-4,6-7,12,19H,5,8-11H2,1-2H3. The van der Waals surface area contributed by atoms with Gasteiger partial charge in [0, 0.05) is 4.88 Å². The SMILES string of the molecule is CNC1(c2nc3c(s2)CCC3)CCC(C)c2ccccc21. The number of rotatable bonds is 2. The Hall–Kier alpha value is -1.19. The number of thiazole rings is 1. The fourth-order valence-corrected chi connectivity index (χ4v) is 5.39. The van der Waals surface area contributed by atoms with Crippen molar-refractivity contribution >= 4 is 11.3 Å². The Bertz CT molecular complexity index is 654. The quantitative estimate of drug-likeness (QED) is 0.906. The lowest BCUT2D eigenvalue weighted by Crippen LogP contribution is -2.44. The molecule has 0 bridgehead atoms. The topological polar surface area (TPSA) is 24.9 Å². The van der Waals surface area contributed by atoms with Crippen LogP contribution in [0.1, 0.15) is 58.8 Å². The molecule has 4 rings (SSSR count). The second-order valence-electron chi connectivity index (χ2n) is 6.42. The second-order valence-corrected chi connectivity index (χ2v) is 7.51. The monoisotopic (exact) mass is 298 g/mol. The van der Waals surface area contributed by atoms with Gasteiger partial charge in [-0.25, -0.2) is 4.98 Å². The van der Waals surface area contributed by atoms with Crippen LogP contribution in [0.3, 0.4) is 0 Å². The molecular weight excluding hydrogens is 276 g/mol. The van der Waals surface area contributed by atoms with Gasteiger partial charge in [-0.3, -0.25) is 0 Å². The largest absolute Gasteiger partial charge is 0.305 e. The average Bonchev–Trinajstić information content (AvgIpc) is 3.10. The minimum Gasteiger partial charge on any atom is -0.305 e. The predicted molar refractivity (Wildman–Crippen MR) is 88.1 cm³/mol. The summed E-state index contributed by atoms with van der Waals surface area (Å²) in [5.41, 5.74) is 4.23. The molecule has 0 saturated heterocycles. The third-order valence-electron chi connectivity index (χ3n) is 5.29. The molecular formula is C18H22N2S. The van der Waals surface area contributed by atoms with Gasteiger partial charge >= 0.3 is 0 Å². The molecule has 1 N–H and O–H groups in total.